The van der Waals surface area contributed by atoms with Gasteiger partial charge in [-0.15, -0.1) is 0 Å². The number of hydrogen-bond acceptors (Lipinski definition) is 3. The van der Waals surface area contributed by atoms with Crippen molar-refractivity contribution in [1.82, 2.24) is 4.90 Å². The summed E-state index contributed by atoms with van der Waals surface area (Å²) in [6.07, 6.45) is 3.43. The third kappa shape index (κ3) is 4.53. The van der Waals surface area contributed by atoms with Gasteiger partial charge in [0.25, 0.3) is 0 Å². The Kier molecular flexibility index (Phi) is 6.22. The Morgan fingerprint density at radius 3 is 2.43 bits per heavy atom. The predicted molar refractivity (Wildman–Crippen MR) is 88.4 cm³/mol. The van der Waals surface area contributed by atoms with E-state index in [-0.39, 0.29) is 6.04 Å². The van der Waals surface area contributed by atoms with Gasteiger partial charge in [0.2, 0.25) is 0 Å². The SMILES string of the molecule is CCc1ccc(C(N)C(C)N(C)CC2CCOCC2)cc1. The van der Waals surface area contributed by atoms with Crippen molar-refractivity contribution in [3.05, 3.63) is 35.4 Å². The first-order valence-electron chi connectivity index (χ1n) is 8.24. The smallest absolute Gasteiger partial charge is 0.0469 e. The van der Waals surface area contributed by atoms with Crippen LogP contribution >= 0.6 is 0 Å². The van der Waals surface area contributed by atoms with Crippen molar-refractivity contribution in [3.8, 4) is 0 Å². The van der Waals surface area contributed by atoms with E-state index in [9.17, 15) is 0 Å². The summed E-state index contributed by atoms with van der Waals surface area (Å²) in [5.41, 5.74) is 9.07. The van der Waals surface area contributed by atoms with E-state index in [4.69, 9.17) is 10.5 Å². The standard InChI is InChI=1S/C18H30N2O/c1-4-15-5-7-17(8-6-15)18(19)14(2)20(3)13-16-9-11-21-12-10-16/h5-8,14,16,18H,4,9-13,19H2,1-3H3. The minimum Gasteiger partial charge on any atom is -0.381 e. The highest BCUT2D eigenvalue weighted by Gasteiger charge is 2.23. The van der Waals surface area contributed by atoms with Crippen LogP contribution in [0, 0.1) is 5.92 Å². The van der Waals surface area contributed by atoms with Crippen LogP contribution in [0.5, 0.6) is 0 Å². The maximum atomic E-state index is 6.47. The van der Waals surface area contributed by atoms with Gasteiger partial charge in [0, 0.05) is 31.8 Å². The van der Waals surface area contributed by atoms with E-state index in [1.54, 1.807) is 0 Å². The Morgan fingerprint density at radius 2 is 1.86 bits per heavy atom. The highest BCUT2D eigenvalue weighted by Crippen LogP contribution is 2.22. The van der Waals surface area contributed by atoms with E-state index in [1.165, 1.54) is 24.0 Å². The van der Waals surface area contributed by atoms with Crippen LogP contribution in [0.25, 0.3) is 0 Å². The second-order valence-electron chi connectivity index (χ2n) is 6.36. The molecule has 1 aliphatic heterocycles. The molecule has 1 aliphatic rings. The molecule has 0 bridgehead atoms. The fourth-order valence-electron chi connectivity index (χ4n) is 3.03. The van der Waals surface area contributed by atoms with E-state index < -0.39 is 0 Å². The van der Waals surface area contributed by atoms with Crippen LogP contribution in [0.4, 0.5) is 0 Å². The van der Waals surface area contributed by atoms with Gasteiger partial charge in [-0.05, 0) is 50.3 Å². The highest BCUT2D eigenvalue weighted by molar-refractivity contribution is 5.25. The fraction of sp³-hybridized carbons (Fsp3) is 0.667. The van der Waals surface area contributed by atoms with Gasteiger partial charge in [-0.3, -0.25) is 0 Å². The fourth-order valence-corrected chi connectivity index (χ4v) is 3.03. The Bertz CT molecular complexity index is 412. The molecule has 118 valence electrons. The quantitative estimate of drug-likeness (QED) is 0.875. The Balaban J connectivity index is 1.91. The first-order chi connectivity index (χ1) is 10.1. The maximum absolute atomic E-state index is 6.47. The first-order valence-corrected chi connectivity index (χ1v) is 8.24. The van der Waals surface area contributed by atoms with Crippen molar-refractivity contribution in [2.45, 2.75) is 45.2 Å². The van der Waals surface area contributed by atoms with Crippen molar-refractivity contribution >= 4 is 0 Å². The average molecular weight is 290 g/mol. The summed E-state index contributed by atoms with van der Waals surface area (Å²) in [5.74, 6) is 0.751. The van der Waals surface area contributed by atoms with E-state index in [1.807, 2.05) is 0 Å². The third-order valence-electron chi connectivity index (χ3n) is 4.87. The Hall–Kier alpha value is -0.900. The number of nitrogens with two attached hydrogens (primary N) is 1. The lowest BCUT2D eigenvalue weighted by atomic mass is 9.96. The zero-order valence-corrected chi connectivity index (χ0v) is 13.7. The number of ether oxygens (including phenoxy) is 1. The van der Waals surface area contributed by atoms with Crippen LogP contribution in [0.3, 0.4) is 0 Å². The van der Waals surface area contributed by atoms with Gasteiger partial charge in [0.15, 0.2) is 0 Å². The summed E-state index contributed by atoms with van der Waals surface area (Å²) >= 11 is 0. The molecule has 2 rings (SSSR count). The second-order valence-corrected chi connectivity index (χ2v) is 6.36. The van der Waals surface area contributed by atoms with Crippen LogP contribution in [0.1, 0.15) is 43.9 Å². The largest absolute Gasteiger partial charge is 0.381 e. The van der Waals surface area contributed by atoms with Crippen molar-refractivity contribution in [3.63, 3.8) is 0 Å². The molecule has 0 radical (unpaired) electrons. The van der Waals surface area contributed by atoms with Gasteiger partial charge in [-0.1, -0.05) is 31.2 Å². The lowest BCUT2D eigenvalue weighted by Gasteiger charge is -2.34. The van der Waals surface area contributed by atoms with E-state index in [0.717, 1.165) is 32.1 Å². The van der Waals surface area contributed by atoms with Gasteiger partial charge in [-0.25, -0.2) is 0 Å². The van der Waals surface area contributed by atoms with E-state index in [2.05, 4.69) is 50.1 Å². The van der Waals surface area contributed by atoms with E-state index >= 15 is 0 Å². The number of likely N-dealkylation sites (N-methyl/N-ethyl adjacent to an activating group) is 1. The molecule has 2 N–H and O–H groups in total. The molecule has 1 aromatic carbocycles. The number of benzene rings is 1. The molecular weight excluding hydrogens is 260 g/mol. The molecule has 0 spiro atoms. The lowest BCUT2D eigenvalue weighted by Crippen LogP contribution is -2.41. The molecule has 1 heterocycles. The Labute approximate surface area is 129 Å². The molecule has 1 saturated heterocycles. The van der Waals surface area contributed by atoms with Gasteiger partial charge in [0.1, 0.15) is 0 Å². The number of hydrogen-bond donors (Lipinski definition) is 1. The van der Waals surface area contributed by atoms with Gasteiger partial charge < -0.3 is 15.4 Å². The molecule has 21 heavy (non-hydrogen) atoms. The van der Waals surface area contributed by atoms with Gasteiger partial charge in [0.05, 0.1) is 0 Å². The maximum Gasteiger partial charge on any atom is 0.0469 e. The van der Waals surface area contributed by atoms with Gasteiger partial charge >= 0.3 is 0 Å². The minimum atomic E-state index is 0.0701. The second kappa shape index (κ2) is 7.92. The first kappa shape index (κ1) is 16.5. The number of nitrogens with zero attached hydrogens (tertiary/aromatic N) is 1. The molecule has 0 amide bonds. The topological polar surface area (TPSA) is 38.5 Å². The van der Waals surface area contributed by atoms with Crippen LogP contribution in [0.2, 0.25) is 0 Å². The summed E-state index contributed by atoms with van der Waals surface area (Å²) < 4.78 is 5.44. The molecule has 0 saturated carbocycles. The summed E-state index contributed by atoms with van der Waals surface area (Å²) in [6.45, 7) is 7.36. The van der Waals surface area contributed by atoms with Crippen LogP contribution < -0.4 is 5.73 Å². The molecular formula is C18H30N2O. The van der Waals surface area contributed by atoms with Crippen LogP contribution in [0.15, 0.2) is 24.3 Å². The highest BCUT2D eigenvalue weighted by atomic mass is 16.5. The molecule has 0 aliphatic carbocycles. The molecule has 3 heteroatoms. The molecule has 1 fully saturated rings. The van der Waals surface area contributed by atoms with Crippen molar-refractivity contribution in [2.24, 2.45) is 11.7 Å². The molecule has 1 aromatic rings. The van der Waals surface area contributed by atoms with Crippen molar-refractivity contribution < 1.29 is 4.74 Å². The van der Waals surface area contributed by atoms with Crippen molar-refractivity contribution in [2.75, 3.05) is 26.8 Å². The normalized spacial score (nSPS) is 19.7. The molecule has 0 aromatic heterocycles. The number of aryl methyl sites for hydroxylation is 1. The summed E-state index contributed by atoms with van der Waals surface area (Å²) in [5, 5.41) is 0. The number of rotatable bonds is 6. The lowest BCUT2D eigenvalue weighted by molar-refractivity contribution is 0.0497. The van der Waals surface area contributed by atoms with Crippen LogP contribution in [-0.4, -0.2) is 37.7 Å². The minimum absolute atomic E-state index is 0.0701. The summed E-state index contributed by atoms with van der Waals surface area (Å²) in [6, 6.07) is 9.17. The summed E-state index contributed by atoms with van der Waals surface area (Å²) in [7, 11) is 2.19. The van der Waals surface area contributed by atoms with Gasteiger partial charge in [-0.2, -0.15) is 0 Å². The van der Waals surface area contributed by atoms with Crippen molar-refractivity contribution in [1.29, 1.82) is 0 Å². The Morgan fingerprint density at radius 1 is 1.24 bits per heavy atom. The molecule has 3 nitrogen and oxygen atoms in total. The average Bonchev–Trinajstić information content (AvgIpc) is 2.54. The molecule has 2 atom stereocenters. The summed E-state index contributed by atoms with van der Waals surface area (Å²) in [4.78, 5) is 2.41. The predicted octanol–water partition coefficient (Wildman–Crippen LogP) is 3.00. The van der Waals surface area contributed by atoms with E-state index in [0.29, 0.717) is 6.04 Å². The monoisotopic (exact) mass is 290 g/mol. The zero-order valence-electron chi connectivity index (χ0n) is 13.7. The zero-order chi connectivity index (χ0) is 15.2. The third-order valence-corrected chi connectivity index (χ3v) is 4.87. The molecule has 2 unspecified atom stereocenters. The van der Waals surface area contributed by atoms with Crippen LogP contribution in [-0.2, 0) is 11.2 Å².